The number of carbonyl (C=O) groups is 2. The molecule has 1 atom stereocenters. The molecule has 0 fully saturated rings. The topological polar surface area (TPSA) is 77.1 Å². The van der Waals surface area contributed by atoms with Crippen LogP contribution in [0.4, 0.5) is 0 Å². The smallest absolute Gasteiger partial charge is 0.243 e. The summed E-state index contributed by atoms with van der Waals surface area (Å²) in [6.45, 7) is 0.730. The van der Waals surface area contributed by atoms with Gasteiger partial charge < -0.3 is 24.4 Å². The second kappa shape index (κ2) is 15.3. The van der Waals surface area contributed by atoms with E-state index in [1.165, 1.54) is 0 Å². The first kappa shape index (κ1) is 30.2. The zero-order chi connectivity index (χ0) is 29.7. The lowest BCUT2D eigenvalue weighted by atomic mass is 10.0. The Labute approximate surface area is 248 Å². The molecule has 0 bridgehead atoms. The number of hydrogen-bond donors (Lipinski definition) is 1. The summed E-state index contributed by atoms with van der Waals surface area (Å²) in [4.78, 5) is 29.6. The van der Waals surface area contributed by atoms with Crippen molar-refractivity contribution in [2.24, 2.45) is 0 Å². The van der Waals surface area contributed by atoms with E-state index in [1.807, 2.05) is 91.0 Å². The van der Waals surface area contributed by atoms with Crippen LogP contribution in [0.3, 0.4) is 0 Å². The number of rotatable bonds is 14. The zero-order valence-corrected chi connectivity index (χ0v) is 24.4. The highest BCUT2D eigenvalue weighted by Gasteiger charge is 2.30. The molecule has 4 aromatic rings. The van der Waals surface area contributed by atoms with Gasteiger partial charge in [-0.25, -0.2) is 0 Å². The van der Waals surface area contributed by atoms with Gasteiger partial charge in [0.15, 0.2) is 11.5 Å². The number of benzene rings is 4. The van der Waals surface area contributed by atoms with Crippen LogP contribution in [-0.4, -0.2) is 50.6 Å². The first-order chi connectivity index (χ1) is 20.5. The largest absolute Gasteiger partial charge is 0.497 e. The van der Waals surface area contributed by atoms with Crippen LogP contribution >= 0.6 is 0 Å². The molecule has 1 unspecified atom stereocenters. The van der Waals surface area contributed by atoms with Crippen molar-refractivity contribution in [3.05, 3.63) is 125 Å². The Morgan fingerprint density at radius 3 is 1.93 bits per heavy atom. The minimum atomic E-state index is -0.724. The van der Waals surface area contributed by atoms with Gasteiger partial charge in [-0.05, 0) is 52.9 Å². The molecule has 0 spiro atoms. The van der Waals surface area contributed by atoms with Crippen molar-refractivity contribution in [1.29, 1.82) is 0 Å². The summed E-state index contributed by atoms with van der Waals surface area (Å²) in [5.41, 5.74) is 3.77. The molecule has 1 N–H and O–H groups in total. The Kier molecular flexibility index (Phi) is 11.0. The van der Waals surface area contributed by atoms with E-state index in [-0.39, 0.29) is 24.8 Å². The third-order valence-electron chi connectivity index (χ3n) is 7.14. The molecular formula is C35H38N2O5. The van der Waals surface area contributed by atoms with Crippen LogP contribution in [0.1, 0.15) is 22.3 Å². The maximum atomic E-state index is 14.1. The number of amides is 2. The van der Waals surface area contributed by atoms with Gasteiger partial charge in [0, 0.05) is 19.5 Å². The van der Waals surface area contributed by atoms with E-state index in [1.54, 1.807) is 38.4 Å². The third-order valence-corrected chi connectivity index (χ3v) is 7.14. The van der Waals surface area contributed by atoms with Gasteiger partial charge in [-0.15, -0.1) is 0 Å². The van der Waals surface area contributed by atoms with Crippen molar-refractivity contribution < 1.29 is 23.8 Å². The van der Waals surface area contributed by atoms with E-state index in [4.69, 9.17) is 14.2 Å². The van der Waals surface area contributed by atoms with E-state index >= 15 is 0 Å². The lowest BCUT2D eigenvalue weighted by Gasteiger charge is -2.32. The first-order valence-electron chi connectivity index (χ1n) is 14.0. The maximum absolute atomic E-state index is 14.1. The second-order valence-corrected chi connectivity index (χ2v) is 9.97. The highest BCUT2D eigenvalue weighted by Crippen LogP contribution is 2.28. The van der Waals surface area contributed by atoms with Gasteiger partial charge in [0.2, 0.25) is 11.8 Å². The fourth-order valence-corrected chi connectivity index (χ4v) is 4.84. The van der Waals surface area contributed by atoms with Gasteiger partial charge in [0.25, 0.3) is 0 Å². The third kappa shape index (κ3) is 8.36. The van der Waals surface area contributed by atoms with Gasteiger partial charge in [-0.2, -0.15) is 0 Å². The van der Waals surface area contributed by atoms with E-state index in [0.717, 1.165) is 28.0 Å². The Balaban J connectivity index is 1.63. The highest BCUT2D eigenvalue weighted by molar-refractivity contribution is 5.89. The summed E-state index contributed by atoms with van der Waals surface area (Å²) >= 11 is 0. The normalized spacial score (nSPS) is 11.3. The summed E-state index contributed by atoms with van der Waals surface area (Å²) in [5.74, 6) is 1.50. The molecule has 0 heterocycles. The number of carbonyl (C=O) groups excluding carboxylic acids is 2. The number of ether oxygens (including phenoxy) is 3. The summed E-state index contributed by atoms with van der Waals surface area (Å²) in [6, 6.07) is 32.1. The minimum absolute atomic E-state index is 0.0963. The van der Waals surface area contributed by atoms with Crippen molar-refractivity contribution >= 4 is 11.8 Å². The van der Waals surface area contributed by atoms with E-state index in [9.17, 15) is 9.59 Å². The van der Waals surface area contributed by atoms with Crippen LogP contribution in [0.5, 0.6) is 17.2 Å². The summed E-state index contributed by atoms with van der Waals surface area (Å²) in [5, 5.41) is 3.10. The van der Waals surface area contributed by atoms with Crippen LogP contribution in [0.25, 0.3) is 0 Å². The molecule has 7 nitrogen and oxygen atoms in total. The van der Waals surface area contributed by atoms with Crippen molar-refractivity contribution in [2.75, 3.05) is 27.9 Å². The lowest BCUT2D eigenvalue weighted by molar-refractivity contribution is -0.140. The molecule has 7 heteroatoms. The van der Waals surface area contributed by atoms with Crippen LogP contribution in [0, 0.1) is 0 Å². The second-order valence-electron chi connectivity index (χ2n) is 9.97. The van der Waals surface area contributed by atoms with E-state index in [2.05, 4.69) is 5.32 Å². The van der Waals surface area contributed by atoms with Crippen molar-refractivity contribution in [2.45, 2.75) is 31.8 Å². The number of hydrogen-bond acceptors (Lipinski definition) is 5. The van der Waals surface area contributed by atoms with Gasteiger partial charge in [-0.1, -0.05) is 78.9 Å². The molecular weight excluding hydrogens is 528 g/mol. The summed E-state index contributed by atoms with van der Waals surface area (Å²) < 4.78 is 16.1. The Bertz CT molecular complexity index is 1430. The maximum Gasteiger partial charge on any atom is 0.243 e. The standard InChI is InChI=1S/C35H38N2O5/c1-40-30-17-14-28(15-18-30)25-37(34(38)24-29-16-19-32(41-2)33(23-29)42-3)31(22-27-12-8-5-9-13-27)35(39)36-21-20-26-10-6-4-7-11-26/h4-19,23,31H,20-22,24-25H2,1-3H3,(H,36,39). The molecule has 0 aliphatic heterocycles. The predicted molar refractivity (Wildman–Crippen MR) is 164 cm³/mol. The Morgan fingerprint density at radius 1 is 0.690 bits per heavy atom. The zero-order valence-electron chi connectivity index (χ0n) is 24.4. The molecule has 4 aromatic carbocycles. The first-order valence-corrected chi connectivity index (χ1v) is 14.0. The Hall–Kier alpha value is -4.78. The van der Waals surface area contributed by atoms with Crippen LogP contribution in [-0.2, 0) is 35.4 Å². The number of methoxy groups -OCH3 is 3. The van der Waals surface area contributed by atoms with Gasteiger partial charge in [0.05, 0.1) is 27.8 Å². The summed E-state index contributed by atoms with van der Waals surface area (Å²) in [7, 11) is 4.75. The van der Waals surface area contributed by atoms with Gasteiger partial charge >= 0.3 is 0 Å². The van der Waals surface area contributed by atoms with Crippen molar-refractivity contribution in [3.63, 3.8) is 0 Å². The minimum Gasteiger partial charge on any atom is -0.497 e. The molecule has 42 heavy (non-hydrogen) atoms. The van der Waals surface area contributed by atoms with E-state index in [0.29, 0.717) is 30.9 Å². The van der Waals surface area contributed by atoms with Crippen molar-refractivity contribution in [3.8, 4) is 17.2 Å². The van der Waals surface area contributed by atoms with Crippen LogP contribution in [0.15, 0.2) is 103 Å². The van der Waals surface area contributed by atoms with Gasteiger partial charge in [-0.3, -0.25) is 9.59 Å². The molecule has 2 amide bonds. The Morgan fingerprint density at radius 2 is 1.31 bits per heavy atom. The van der Waals surface area contributed by atoms with Crippen LogP contribution < -0.4 is 19.5 Å². The molecule has 0 aliphatic rings. The van der Waals surface area contributed by atoms with Crippen LogP contribution in [0.2, 0.25) is 0 Å². The summed E-state index contributed by atoms with van der Waals surface area (Å²) in [6.07, 6.45) is 1.17. The van der Waals surface area contributed by atoms with Crippen molar-refractivity contribution in [1.82, 2.24) is 10.2 Å². The molecule has 0 aliphatic carbocycles. The highest BCUT2D eigenvalue weighted by atomic mass is 16.5. The molecule has 0 saturated heterocycles. The molecule has 0 saturated carbocycles. The number of nitrogens with zero attached hydrogens (tertiary/aromatic N) is 1. The molecule has 0 aromatic heterocycles. The fraction of sp³-hybridized carbons (Fsp3) is 0.257. The molecule has 4 rings (SSSR count). The fourth-order valence-electron chi connectivity index (χ4n) is 4.84. The predicted octanol–water partition coefficient (Wildman–Crippen LogP) is 5.25. The number of nitrogens with one attached hydrogen (secondary N) is 1. The quantitative estimate of drug-likeness (QED) is 0.226. The monoisotopic (exact) mass is 566 g/mol. The SMILES string of the molecule is COc1ccc(CN(C(=O)Cc2ccc(OC)c(OC)c2)C(Cc2ccccc2)C(=O)NCCc2ccccc2)cc1. The molecule has 0 radical (unpaired) electrons. The molecule has 218 valence electrons. The lowest BCUT2D eigenvalue weighted by Crippen LogP contribution is -2.51. The average Bonchev–Trinajstić information content (AvgIpc) is 3.03. The van der Waals surface area contributed by atoms with E-state index < -0.39 is 6.04 Å². The van der Waals surface area contributed by atoms with Gasteiger partial charge in [0.1, 0.15) is 11.8 Å². The average molecular weight is 567 g/mol.